The highest BCUT2D eigenvalue weighted by atomic mass is 32.2. The van der Waals surface area contributed by atoms with Crippen molar-refractivity contribution in [1.82, 2.24) is 10.2 Å². The summed E-state index contributed by atoms with van der Waals surface area (Å²) >= 11 is 0. The van der Waals surface area contributed by atoms with Crippen LogP contribution in [0.25, 0.3) is 0 Å². The standard InChI is InChI=1S/C45H71FN2O6S2/c1-31(2)33-12-19-45(47-22-26-55(51,52)27-23-48-24-28-56(53,54)29-25-48)21-20-42(6)35(38(33)45)8-9-37-41(5)15-13-34(40(3,4)36(41)14-16-43(37,42)7)32-10-17-44(30-46,18-11-32)39(49)50/h10,13,33,35-38,47H,1,8-9,11-12,14-30H2,2-7H3,(H,49,50). The van der Waals surface area contributed by atoms with Gasteiger partial charge in [0.15, 0.2) is 19.7 Å². The highest BCUT2D eigenvalue weighted by Crippen LogP contribution is 2.76. The molecule has 8 nitrogen and oxygen atoms in total. The van der Waals surface area contributed by atoms with E-state index in [-0.39, 0.29) is 56.6 Å². The highest BCUT2D eigenvalue weighted by Gasteiger charge is 2.70. The van der Waals surface area contributed by atoms with Crippen LogP contribution in [-0.4, -0.2) is 94.2 Å². The minimum Gasteiger partial charge on any atom is -0.481 e. The van der Waals surface area contributed by atoms with Gasteiger partial charge in [0.1, 0.15) is 6.67 Å². The Balaban J connectivity index is 1.08. The van der Waals surface area contributed by atoms with Crippen LogP contribution in [0, 0.1) is 56.7 Å². The summed E-state index contributed by atoms with van der Waals surface area (Å²) in [5.74, 6) is 1.83. The number of halogens is 1. The third-order valence-electron chi connectivity index (χ3n) is 18.4. The fourth-order valence-electron chi connectivity index (χ4n) is 14.9. The van der Waals surface area contributed by atoms with Crippen LogP contribution in [0.2, 0.25) is 0 Å². The molecule has 316 valence electrons. The monoisotopic (exact) mass is 818 g/mol. The fourth-order valence-corrected chi connectivity index (χ4v) is 17.3. The number of aliphatic carboxylic acids is 1. The van der Waals surface area contributed by atoms with Crippen molar-refractivity contribution in [2.45, 2.75) is 124 Å². The van der Waals surface area contributed by atoms with Crippen molar-refractivity contribution in [2.75, 3.05) is 55.9 Å². The van der Waals surface area contributed by atoms with Gasteiger partial charge in [-0.15, -0.1) is 0 Å². The topological polar surface area (TPSA) is 121 Å². The first-order valence-corrected chi connectivity index (χ1v) is 25.5. The molecule has 0 bridgehead atoms. The van der Waals surface area contributed by atoms with Gasteiger partial charge in [0.25, 0.3) is 0 Å². The van der Waals surface area contributed by atoms with Crippen LogP contribution in [0.4, 0.5) is 4.39 Å². The summed E-state index contributed by atoms with van der Waals surface area (Å²) in [7, 11) is -6.30. The first kappa shape index (κ1) is 42.6. The maximum absolute atomic E-state index is 14.0. The van der Waals surface area contributed by atoms with E-state index in [1.807, 2.05) is 4.90 Å². The molecule has 2 N–H and O–H groups in total. The summed E-state index contributed by atoms with van der Waals surface area (Å²) in [5.41, 5.74) is 2.89. The molecule has 10 atom stereocenters. The molecular weight excluding hydrogens is 748 g/mol. The predicted octanol–water partition coefficient (Wildman–Crippen LogP) is 7.82. The summed E-state index contributed by atoms with van der Waals surface area (Å²) in [4.78, 5) is 14.0. The number of carboxylic acid groups (broad SMARTS) is 1. The molecule has 0 aromatic rings. The van der Waals surface area contributed by atoms with Gasteiger partial charge in [-0.25, -0.2) is 21.2 Å². The summed E-state index contributed by atoms with van der Waals surface area (Å²) < 4.78 is 64.3. The summed E-state index contributed by atoms with van der Waals surface area (Å²) in [6, 6.07) is 0. The summed E-state index contributed by atoms with van der Waals surface area (Å²) in [6.45, 7) is 20.3. The van der Waals surface area contributed by atoms with Crippen LogP contribution in [0.5, 0.6) is 0 Å². The molecule has 7 aliphatic rings. The van der Waals surface area contributed by atoms with Crippen molar-refractivity contribution in [3.63, 3.8) is 0 Å². The zero-order chi connectivity index (χ0) is 40.7. The zero-order valence-corrected chi connectivity index (χ0v) is 36.9. The highest BCUT2D eigenvalue weighted by molar-refractivity contribution is 7.91. The van der Waals surface area contributed by atoms with Gasteiger partial charge in [-0.05, 0) is 146 Å². The van der Waals surface area contributed by atoms with Crippen LogP contribution in [-0.2, 0) is 24.5 Å². The summed E-state index contributed by atoms with van der Waals surface area (Å²) in [5, 5.41) is 13.8. The van der Waals surface area contributed by atoms with Crippen LogP contribution < -0.4 is 5.32 Å². The molecule has 0 radical (unpaired) electrons. The molecule has 0 amide bonds. The number of fused-ring (bicyclic) bond motifs is 7. The van der Waals surface area contributed by atoms with Gasteiger partial charge in [-0.1, -0.05) is 58.9 Å². The zero-order valence-electron chi connectivity index (χ0n) is 35.2. The first-order valence-electron chi connectivity index (χ1n) is 21.8. The number of nitrogens with one attached hydrogen (secondary N) is 1. The molecule has 0 aromatic carbocycles. The lowest BCUT2D eigenvalue weighted by atomic mass is 9.33. The Morgan fingerprint density at radius 2 is 1.64 bits per heavy atom. The molecule has 5 fully saturated rings. The third kappa shape index (κ3) is 6.84. The van der Waals surface area contributed by atoms with Gasteiger partial charge in [0.05, 0.1) is 28.4 Å². The molecule has 11 heteroatoms. The van der Waals surface area contributed by atoms with Crippen molar-refractivity contribution in [3.05, 3.63) is 35.5 Å². The average molecular weight is 819 g/mol. The van der Waals surface area contributed by atoms with E-state index in [4.69, 9.17) is 0 Å². The number of rotatable bonds is 11. The number of hydrogen-bond acceptors (Lipinski definition) is 7. The third-order valence-corrected chi connectivity index (χ3v) is 21.6. The van der Waals surface area contributed by atoms with Gasteiger partial charge in [-0.3, -0.25) is 4.79 Å². The van der Waals surface area contributed by atoms with E-state index < -0.39 is 37.7 Å². The van der Waals surface area contributed by atoms with Gasteiger partial charge >= 0.3 is 5.97 Å². The molecule has 1 saturated heterocycles. The van der Waals surface area contributed by atoms with Gasteiger partial charge in [-0.2, -0.15) is 0 Å². The van der Waals surface area contributed by atoms with Crippen molar-refractivity contribution in [3.8, 4) is 0 Å². The minimum absolute atomic E-state index is 0.0617. The first-order chi connectivity index (χ1) is 26.1. The molecule has 1 aliphatic heterocycles. The Kier molecular flexibility index (Phi) is 11.1. The molecule has 1 heterocycles. The lowest BCUT2D eigenvalue weighted by Crippen LogP contribution is -2.68. The van der Waals surface area contributed by atoms with Crippen LogP contribution in [0.3, 0.4) is 0 Å². The largest absolute Gasteiger partial charge is 0.481 e. The second-order valence-electron chi connectivity index (χ2n) is 21.1. The average Bonchev–Trinajstić information content (AvgIpc) is 3.51. The van der Waals surface area contributed by atoms with E-state index in [1.165, 1.54) is 36.0 Å². The van der Waals surface area contributed by atoms with E-state index >= 15 is 0 Å². The number of allylic oxidation sites excluding steroid dienone is 5. The van der Waals surface area contributed by atoms with Crippen LogP contribution in [0.15, 0.2) is 35.5 Å². The van der Waals surface area contributed by atoms with E-state index in [9.17, 15) is 31.1 Å². The van der Waals surface area contributed by atoms with E-state index in [0.717, 1.165) is 38.5 Å². The molecule has 6 aliphatic carbocycles. The molecule has 7 rings (SSSR count). The van der Waals surface area contributed by atoms with Crippen LogP contribution >= 0.6 is 0 Å². The second-order valence-corrected chi connectivity index (χ2v) is 25.7. The van der Waals surface area contributed by atoms with Crippen molar-refractivity contribution >= 4 is 25.6 Å². The quantitative estimate of drug-likeness (QED) is 0.203. The van der Waals surface area contributed by atoms with E-state index in [2.05, 4.69) is 65.6 Å². The molecule has 0 spiro atoms. The maximum atomic E-state index is 14.0. The molecule has 4 saturated carbocycles. The second kappa shape index (κ2) is 14.6. The number of carboxylic acids is 1. The fraction of sp³-hybridized carbons (Fsp3) is 0.844. The number of nitrogens with zero attached hydrogens (tertiary/aromatic N) is 1. The van der Waals surface area contributed by atoms with Crippen molar-refractivity contribution in [2.24, 2.45) is 56.7 Å². The Morgan fingerprint density at radius 3 is 2.27 bits per heavy atom. The number of hydrogen-bond donors (Lipinski definition) is 2. The van der Waals surface area contributed by atoms with Crippen molar-refractivity contribution < 1.29 is 31.1 Å². The van der Waals surface area contributed by atoms with E-state index in [0.29, 0.717) is 68.6 Å². The summed E-state index contributed by atoms with van der Waals surface area (Å²) in [6.07, 6.45) is 15.9. The smallest absolute Gasteiger partial charge is 0.312 e. The normalized spacial score (nSPS) is 43.3. The van der Waals surface area contributed by atoms with Gasteiger partial charge in [0, 0.05) is 31.7 Å². The Bertz CT molecular complexity index is 1860. The number of carbonyl (C=O) groups is 1. The van der Waals surface area contributed by atoms with Crippen molar-refractivity contribution in [1.29, 1.82) is 0 Å². The van der Waals surface area contributed by atoms with Gasteiger partial charge in [0.2, 0.25) is 0 Å². The molecule has 0 aromatic heterocycles. The van der Waals surface area contributed by atoms with Crippen LogP contribution in [0.1, 0.15) is 119 Å². The Hall–Kier alpha value is -1.56. The minimum atomic E-state index is -3.30. The lowest BCUT2D eigenvalue weighted by Gasteiger charge is -2.72. The number of alkyl halides is 1. The SMILES string of the molecule is C=C(C)C1CCC2(NCCS(=O)(=O)CCN3CCS(=O)(=O)CC3)CCC3(C)C(CCC4C5(C)CC=C(C6=CCC(CF)(C(=O)O)CC6)C(C)(C)C5CCC43C)C12. The Labute approximate surface area is 337 Å². The van der Waals surface area contributed by atoms with Gasteiger partial charge < -0.3 is 15.3 Å². The predicted molar refractivity (Wildman–Crippen MR) is 222 cm³/mol. The van der Waals surface area contributed by atoms with E-state index in [1.54, 1.807) is 0 Å². The molecule has 56 heavy (non-hydrogen) atoms. The Morgan fingerprint density at radius 1 is 0.929 bits per heavy atom. The molecular formula is C45H71FN2O6S2. The maximum Gasteiger partial charge on any atom is 0.312 e. The number of sulfone groups is 2. The molecule has 10 unspecified atom stereocenters. The lowest BCUT2D eigenvalue weighted by molar-refractivity contribution is -0.221.